The molecule has 0 saturated carbocycles. The van der Waals surface area contributed by atoms with Gasteiger partial charge in [-0.1, -0.05) is 0 Å². The molecular formula is H9O2PSi5. The van der Waals surface area contributed by atoms with E-state index in [4.69, 9.17) is 0 Å². The van der Waals surface area contributed by atoms with Crippen molar-refractivity contribution in [3.8, 4) is 0 Å². The zero-order chi connectivity index (χ0) is 5.98. The fourth-order valence-electron chi connectivity index (χ4n) is 1.12. The minimum Gasteiger partial charge on any atom is -0.246 e. The topological polar surface area (TPSA) is 34.1 Å². The van der Waals surface area contributed by atoms with Crippen molar-refractivity contribution in [2.24, 2.45) is 0 Å². The third kappa shape index (κ3) is 1.74. The number of rotatable bonds is 1. The molecule has 0 atom stereocenters. The van der Waals surface area contributed by atoms with Crippen molar-refractivity contribution in [3.05, 3.63) is 0 Å². The Bertz CT molecular complexity index is 125. The van der Waals surface area contributed by atoms with Crippen LogP contribution in [0.5, 0.6) is 0 Å². The standard InChI is InChI=1S/H9O2PSi5/c1-3(2)8-6-4-5-7-8/h8H,4-7H2. The van der Waals surface area contributed by atoms with Gasteiger partial charge in [-0.2, -0.15) is 0 Å². The maximum Gasteiger partial charge on any atom is 0.266 e. The first-order valence-corrected chi connectivity index (χ1v) is 24.3. The Labute approximate surface area is 58.3 Å². The highest BCUT2D eigenvalue weighted by Gasteiger charge is 2.23. The van der Waals surface area contributed by atoms with Gasteiger partial charge >= 0.3 is 0 Å². The average Bonchev–Trinajstić information content (AvgIpc) is 2.12. The highest BCUT2D eigenvalue weighted by atomic mass is 31.4. The summed E-state index contributed by atoms with van der Waals surface area (Å²) < 4.78 is 20.8. The minimum atomic E-state index is -1.77. The van der Waals surface area contributed by atoms with Gasteiger partial charge in [-0.3, -0.25) is 0 Å². The van der Waals surface area contributed by atoms with E-state index in [0.717, 1.165) is 0 Å². The molecule has 1 heterocycles. The van der Waals surface area contributed by atoms with Crippen LogP contribution in [0.4, 0.5) is 0 Å². The molecule has 0 bridgehead atoms. The van der Waals surface area contributed by atoms with Crippen LogP contribution in [0, 0.1) is 0 Å². The molecule has 1 aliphatic heterocycles. The summed E-state index contributed by atoms with van der Waals surface area (Å²) in [4.78, 5) is 0. The van der Waals surface area contributed by atoms with Gasteiger partial charge in [0, 0.05) is 17.1 Å². The Morgan fingerprint density at radius 2 is 1.62 bits per heavy atom. The van der Waals surface area contributed by atoms with E-state index < -0.39 is 14.7 Å². The monoisotopic (exact) mass is 212 g/mol. The highest BCUT2D eigenvalue weighted by Crippen LogP contribution is 2.08. The van der Waals surface area contributed by atoms with Gasteiger partial charge in [0.15, 0.2) is 7.50 Å². The fourth-order valence-corrected chi connectivity index (χ4v) is 237. The van der Waals surface area contributed by atoms with E-state index >= 15 is 0 Å². The summed E-state index contributed by atoms with van der Waals surface area (Å²) in [6.07, 6.45) is 0. The lowest BCUT2D eigenvalue weighted by molar-refractivity contribution is 0.526. The van der Waals surface area contributed by atoms with Crippen molar-refractivity contribution in [2.75, 3.05) is 0 Å². The van der Waals surface area contributed by atoms with Gasteiger partial charge in [0.05, 0.1) is 0 Å². The first kappa shape index (κ1) is 7.10. The van der Waals surface area contributed by atoms with Crippen LogP contribution in [0.1, 0.15) is 0 Å². The number of hydrogen-bond donors (Lipinski definition) is 0. The van der Waals surface area contributed by atoms with Crippen LogP contribution in [0.15, 0.2) is 0 Å². The molecule has 0 N–H and O–H groups in total. The summed E-state index contributed by atoms with van der Waals surface area (Å²) in [6, 6.07) is 0. The Kier molecular flexibility index (Phi) is 2.86. The zero-order valence-electron chi connectivity index (χ0n) is 4.67. The second-order valence-electron chi connectivity index (χ2n) is 2.22. The molecule has 46 valence electrons. The molecule has 8 heavy (non-hydrogen) atoms. The molecular weight excluding hydrogens is 203 g/mol. The van der Waals surface area contributed by atoms with Gasteiger partial charge in [0.25, 0.3) is 7.23 Å². The third-order valence-electron chi connectivity index (χ3n) is 1.62. The maximum atomic E-state index is 10.4. The van der Waals surface area contributed by atoms with Gasteiger partial charge in [-0.25, -0.2) is 9.13 Å². The van der Waals surface area contributed by atoms with Gasteiger partial charge in [-0.15, -0.1) is 0 Å². The Hall–Kier alpha value is 0.984. The van der Waals surface area contributed by atoms with Gasteiger partial charge in [0.1, 0.15) is 0 Å². The van der Waals surface area contributed by atoms with E-state index in [0.29, 0.717) is 17.1 Å². The SMILES string of the molecule is O=P(=O)[SiH]1[SiH2][SiH2][SiH2][SiH2]1. The summed E-state index contributed by atoms with van der Waals surface area (Å²) in [5.74, 6) is 0. The Balaban J connectivity index is 2.47. The molecule has 8 heteroatoms. The average molecular weight is 212 g/mol. The van der Waals surface area contributed by atoms with E-state index in [2.05, 4.69) is 0 Å². The van der Waals surface area contributed by atoms with Crippen molar-refractivity contribution in [3.63, 3.8) is 0 Å². The van der Waals surface area contributed by atoms with Crippen LogP contribution in [-0.4, -0.2) is 41.7 Å². The molecule has 0 spiro atoms. The summed E-state index contributed by atoms with van der Waals surface area (Å²) in [7, 11) is -1.20. The molecule has 0 aromatic rings. The first-order chi connectivity index (χ1) is 3.80. The summed E-state index contributed by atoms with van der Waals surface area (Å²) in [5, 5.41) is 0. The van der Waals surface area contributed by atoms with Crippen LogP contribution < -0.4 is 0 Å². The lowest BCUT2D eigenvalue weighted by Crippen LogP contribution is -2.17. The molecule has 0 aromatic carbocycles. The zero-order valence-corrected chi connectivity index (χ0v) is 12.4. The van der Waals surface area contributed by atoms with Crippen LogP contribution >= 0.6 is 7.23 Å². The Morgan fingerprint density at radius 1 is 1.12 bits per heavy atom. The van der Waals surface area contributed by atoms with Crippen LogP contribution in [0.25, 0.3) is 0 Å². The van der Waals surface area contributed by atoms with E-state index in [1.54, 1.807) is 0 Å². The van der Waals surface area contributed by atoms with E-state index in [-0.39, 0.29) is 17.1 Å². The smallest absolute Gasteiger partial charge is 0.246 e. The predicted octanol–water partition coefficient (Wildman–Crippen LogP) is -3.69. The van der Waals surface area contributed by atoms with Crippen molar-refractivity contribution in [1.82, 2.24) is 0 Å². The first-order valence-electron chi connectivity index (χ1n) is 2.94. The summed E-state index contributed by atoms with van der Waals surface area (Å²) >= 11 is 0. The molecule has 0 aliphatic carbocycles. The van der Waals surface area contributed by atoms with E-state index in [9.17, 15) is 9.13 Å². The molecule has 1 fully saturated rings. The Morgan fingerprint density at radius 3 is 1.88 bits per heavy atom. The highest BCUT2D eigenvalue weighted by molar-refractivity contribution is 8.06. The van der Waals surface area contributed by atoms with Crippen molar-refractivity contribution in [2.45, 2.75) is 0 Å². The van der Waals surface area contributed by atoms with Crippen LogP contribution in [0.2, 0.25) is 0 Å². The summed E-state index contributed by atoms with van der Waals surface area (Å²) in [6.45, 7) is 0. The number of hydrogen-bond acceptors (Lipinski definition) is 2. The van der Waals surface area contributed by atoms with Gasteiger partial charge in [-0.05, 0) is 17.1 Å². The van der Waals surface area contributed by atoms with Crippen molar-refractivity contribution < 1.29 is 9.13 Å². The predicted molar refractivity (Wildman–Crippen MR) is 49.6 cm³/mol. The van der Waals surface area contributed by atoms with Crippen LogP contribution in [-0.2, 0) is 9.13 Å². The lowest BCUT2D eigenvalue weighted by Gasteiger charge is -1.85. The molecule has 2 nitrogen and oxygen atoms in total. The fraction of sp³-hybridized carbons (Fsp3) is 0. The normalized spacial score (nSPS) is 40.2. The second-order valence-corrected chi connectivity index (χ2v) is 54.5. The lowest BCUT2D eigenvalue weighted by atomic mass is 15.9. The maximum absolute atomic E-state index is 10.4. The van der Waals surface area contributed by atoms with Crippen LogP contribution in [0.3, 0.4) is 0 Å². The third-order valence-corrected chi connectivity index (χ3v) is 115. The molecule has 0 aromatic heterocycles. The van der Waals surface area contributed by atoms with Crippen molar-refractivity contribution >= 4 is 48.9 Å². The van der Waals surface area contributed by atoms with Gasteiger partial charge < -0.3 is 0 Å². The quantitative estimate of drug-likeness (QED) is 0.331. The largest absolute Gasteiger partial charge is 0.266 e. The van der Waals surface area contributed by atoms with E-state index in [1.807, 2.05) is 0 Å². The summed E-state index contributed by atoms with van der Waals surface area (Å²) in [5.41, 5.74) is 0. The molecule has 1 saturated heterocycles. The van der Waals surface area contributed by atoms with E-state index in [1.165, 1.54) is 0 Å². The second kappa shape index (κ2) is 3.23. The molecule has 1 rings (SSSR count). The minimum absolute atomic E-state index is 0.215. The van der Waals surface area contributed by atoms with Crippen molar-refractivity contribution in [1.29, 1.82) is 0 Å². The molecule has 0 amide bonds. The molecule has 0 radical (unpaired) electrons. The molecule has 0 unspecified atom stereocenters. The van der Waals surface area contributed by atoms with Gasteiger partial charge in [0.2, 0.25) is 0 Å². The molecule has 1 aliphatic rings.